The molecule has 0 aliphatic heterocycles. The van der Waals surface area contributed by atoms with Crippen LogP contribution >= 0.6 is 9.12 Å². The average molecular weight is 438 g/mol. The van der Waals surface area contributed by atoms with E-state index in [1.165, 1.54) is 28.4 Å². The van der Waals surface area contributed by atoms with E-state index in [0.717, 1.165) is 36.0 Å². The van der Waals surface area contributed by atoms with E-state index >= 15 is 0 Å². The molecule has 0 heterocycles. The summed E-state index contributed by atoms with van der Waals surface area (Å²) < 4.78 is 8.17. The van der Waals surface area contributed by atoms with E-state index in [1.807, 2.05) is 46.8 Å². The Labute approximate surface area is 185 Å². The number of rotatable bonds is 12. The standard InChI is InChI=1S/C25H40O3.H2OP/c1-8-9-10-11-12-13-14-25(7,24(27)28)22(17(2)3)23(26)21-19(5)15-18(4)16-20(21)6;1-2/h15-17,22H,8-14H2,1-7H3,(H,27,28);2H2/q;+1. The molecule has 0 aliphatic carbocycles. The molecule has 5 heteroatoms. The van der Waals surface area contributed by atoms with Gasteiger partial charge in [-0.2, -0.15) is 0 Å². The molecule has 1 rings (SSSR count). The summed E-state index contributed by atoms with van der Waals surface area (Å²) in [6, 6.07) is 4.03. The molecule has 0 spiro atoms. The fourth-order valence-electron chi connectivity index (χ4n) is 4.72. The van der Waals surface area contributed by atoms with Gasteiger partial charge in [0.05, 0.1) is 5.41 Å². The Morgan fingerprint density at radius 1 is 0.967 bits per heavy atom. The van der Waals surface area contributed by atoms with Crippen molar-refractivity contribution in [2.24, 2.45) is 17.3 Å². The first kappa shape index (κ1) is 28.5. The third-order valence-corrected chi connectivity index (χ3v) is 6.10. The van der Waals surface area contributed by atoms with Crippen molar-refractivity contribution in [2.75, 3.05) is 0 Å². The maximum absolute atomic E-state index is 13.6. The van der Waals surface area contributed by atoms with Gasteiger partial charge in [-0.05, 0) is 51.2 Å². The number of Topliss-reactive ketones (excluding diaryl/α,β-unsaturated/α-hetero) is 1. The van der Waals surface area contributed by atoms with Crippen molar-refractivity contribution in [1.82, 2.24) is 0 Å². The Balaban J connectivity index is 0.00000407. The van der Waals surface area contributed by atoms with Crippen LogP contribution in [0.4, 0.5) is 0 Å². The highest BCUT2D eigenvalue weighted by Crippen LogP contribution is 2.41. The van der Waals surface area contributed by atoms with E-state index in [0.29, 0.717) is 12.0 Å². The van der Waals surface area contributed by atoms with Crippen molar-refractivity contribution < 1.29 is 19.3 Å². The first-order chi connectivity index (χ1) is 14.1. The second-order valence-corrected chi connectivity index (χ2v) is 9.10. The van der Waals surface area contributed by atoms with E-state index in [1.54, 1.807) is 6.92 Å². The van der Waals surface area contributed by atoms with Gasteiger partial charge < -0.3 is 5.11 Å². The van der Waals surface area contributed by atoms with E-state index < -0.39 is 17.3 Å². The third-order valence-electron chi connectivity index (χ3n) is 6.10. The number of carbonyl (C=O) groups is 2. The lowest BCUT2D eigenvalue weighted by atomic mass is 9.65. The summed E-state index contributed by atoms with van der Waals surface area (Å²) in [7, 11) is 1.17. The van der Waals surface area contributed by atoms with E-state index in [4.69, 9.17) is 4.57 Å². The van der Waals surface area contributed by atoms with E-state index in [2.05, 4.69) is 6.92 Å². The van der Waals surface area contributed by atoms with Crippen LogP contribution in [0.1, 0.15) is 99.7 Å². The number of aryl methyl sites for hydroxylation is 3. The summed E-state index contributed by atoms with van der Waals surface area (Å²) in [6.45, 7) is 13.9. The van der Waals surface area contributed by atoms with Crippen molar-refractivity contribution in [3.05, 3.63) is 34.4 Å². The van der Waals surface area contributed by atoms with Crippen LogP contribution in [0.15, 0.2) is 12.1 Å². The zero-order valence-corrected chi connectivity index (χ0v) is 21.2. The molecule has 1 aromatic carbocycles. The molecule has 0 radical (unpaired) electrons. The summed E-state index contributed by atoms with van der Waals surface area (Å²) in [5.74, 6) is -1.43. The minimum atomic E-state index is -1.04. The molecule has 1 N–H and O–H groups in total. The summed E-state index contributed by atoms with van der Waals surface area (Å²) in [6.07, 6.45) is 7.21. The molecular weight excluding hydrogens is 395 g/mol. The molecule has 1 aromatic rings. The monoisotopic (exact) mass is 437 g/mol. The van der Waals surface area contributed by atoms with Crippen molar-refractivity contribution in [3.63, 3.8) is 0 Å². The number of carbonyl (C=O) groups excluding carboxylic acids is 1. The highest BCUT2D eigenvalue weighted by Gasteiger charge is 2.47. The van der Waals surface area contributed by atoms with Crippen LogP contribution in [0.2, 0.25) is 0 Å². The number of benzene rings is 1. The second-order valence-electron chi connectivity index (χ2n) is 9.10. The SMILES string of the molecule is CCCCCCCCC(C)(C(=O)O)C(C(=O)c1c(C)cc(C)cc1C)C(C)C.O=[PH2+]. The predicted octanol–water partition coefficient (Wildman–Crippen LogP) is 7.12. The number of hydrogen-bond acceptors (Lipinski definition) is 3. The molecule has 170 valence electrons. The van der Waals surface area contributed by atoms with Crippen LogP contribution in [0.25, 0.3) is 0 Å². The maximum Gasteiger partial charge on any atom is 0.310 e. The lowest BCUT2D eigenvalue weighted by Crippen LogP contribution is -2.43. The van der Waals surface area contributed by atoms with Crippen molar-refractivity contribution >= 4 is 20.9 Å². The van der Waals surface area contributed by atoms with Crippen LogP contribution in [0.3, 0.4) is 0 Å². The normalized spacial score (nSPS) is 13.9. The quantitative estimate of drug-likeness (QED) is 0.215. The molecule has 0 saturated carbocycles. The minimum Gasteiger partial charge on any atom is -0.481 e. The van der Waals surface area contributed by atoms with Gasteiger partial charge in [0, 0.05) is 11.5 Å². The van der Waals surface area contributed by atoms with Gasteiger partial charge in [-0.3, -0.25) is 9.59 Å². The molecule has 30 heavy (non-hydrogen) atoms. The zero-order chi connectivity index (χ0) is 23.5. The fourth-order valence-corrected chi connectivity index (χ4v) is 4.72. The maximum atomic E-state index is 13.6. The predicted molar refractivity (Wildman–Crippen MR) is 127 cm³/mol. The Morgan fingerprint density at radius 2 is 1.43 bits per heavy atom. The first-order valence-corrected chi connectivity index (χ1v) is 11.6. The Hall–Kier alpha value is -1.54. The van der Waals surface area contributed by atoms with E-state index in [9.17, 15) is 14.7 Å². The van der Waals surface area contributed by atoms with Crippen LogP contribution in [-0.4, -0.2) is 16.9 Å². The summed E-state index contributed by atoms with van der Waals surface area (Å²) in [4.78, 5) is 25.9. The molecule has 0 bridgehead atoms. The molecule has 0 fully saturated rings. The lowest BCUT2D eigenvalue weighted by molar-refractivity contribution is -0.152. The van der Waals surface area contributed by atoms with Gasteiger partial charge in [0.1, 0.15) is 0 Å². The Kier molecular flexibility index (Phi) is 13.0. The van der Waals surface area contributed by atoms with Gasteiger partial charge in [-0.25, -0.2) is 0 Å². The highest BCUT2D eigenvalue weighted by atomic mass is 31.0. The number of hydrogen-bond donors (Lipinski definition) is 1. The molecule has 0 aromatic heterocycles. The van der Waals surface area contributed by atoms with Crippen molar-refractivity contribution in [3.8, 4) is 0 Å². The molecule has 4 nitrogen and oxygen atoms in total. The van der Waals surface area contributed by atoms with Crippen molar-refractivity contribution in [1.29, 1.82) is 0 Å². The van der Waals surface area contributed by atoms with Crippen molar-refractivity contribution in [2.45, 2.75) is 93.4 Å². The number of carboxylic acid groups (broad SMARTS) is 1. The number of aliphatic carboxylic acids is 1. The van der Waals surface area contributed by atoms with Gasteiger partial charge in [-0.1, -0.05) is 81.6 Å². The average Bonchev–Trinajstić information content (AvgIpc) is 2.65. The molecule has 0 saturated heterocycles. The smallest absolute Gasteiger partial charge is 0.310 e. The van der Waals surface area contributed by atoms with Crippen LogP contribution < -0.4 is 0 Å². The molecule has 0 amide bonds. The van der Waals surface area contributed by atoms with Gasteiger partial charge in [0.25, 0.3) is 0 Å². The van der Waals surface area contributed by atoms with Gasteiger partial charge in [0.2, 0.25) is 0 Å². The Bertz CT molecular complexity index is 675. The Morgan fingerprint density at radius 3 is 1.87 bits per heavy atom. The van der Waals surface area contributed by atoms with Gasteiger partial charge >= 0.3 is 15.1 Å². The molecular formula is C25H42O4P+. The number of carboxylic acids is 1. The zero-order valence-electron chi connectivity index (χ0n) is 20.0. The van der Waals surface area contributed by atoms with Crippen LogP contribution in [0, 0.1) is 38.0 Å². The molecule has 3 atom stereocenters. The number of unbranched alkanes of at least 4 members (excludes halogenated alkanes) is 5. The first-order valence-electron chi connectivity index (χ1n) is 11.1. The number of ketones is 1. The summed E-state index contributed by atoms with van der Waals surface area (Å²) in [5.41, 5.74) is 2.68. The summed E-state index contributed by atoms with van der Waals surface area (Å²) >= 11 is 0. The fraction of sp³-hybridized carbons (Fsp3) is 0.680. The highest BCUT2D eigenvalue weighted by molar-refractivity contribution is 7.00. The second kappa shape index (κ2) is 13.7. The lowest BCUT2D eigenvalue weighted by Gasteiger charge is -2.36. The third kappa shape index (κ3) is 7.61. The van der Waals surface area contributed by atoms with Crippen LogP contribution in [-0.2, 0) is 9.36 Å². The van der Waals surface area contributed by atoms with Gasteiger partial charge in [-0.15, -0.1) is 0 Å². The minimum absolute atomic E-state index is 0.0131. The van der Waals surface area contributed by atoms with Gasteiger partial charge in [0.15, 0.2) is 5.78 Å². The topological polar surface area (TPSA) is 71.4 Å². The van der Waals surface area contributed by atoms with E-state index in [-0.39, 0.29) is 11.7 Å². The molecule has 3 unspecified atom stereocenters. The summed E-state index contributed by atoms with van der Waals surface area (Å²) in [5, 5.41) is 10.1. The molecule has 0 aliphatic rings. The van der Waals surface area contributed by atoms with Crippen LogP contribution in [0.5, 0.6) is 0 Å². The largest absolute Gasteiger partial charge is 0.481 e.